The Morgan fingerprint density at radius 3 is 2.68 bits per heavy atom. The number of ether oxygens (including phenoxy) is 2. The van der Waals surface area contributed by atoms with Gasteiger partial charge in [0.15, 0.2) is 0 Å². The Kier molecular flexibility index (Phi) is 6.87. The molecule has 106 valence electrons. The largest absolute Gasteiger partial charge is 0.497 e. The van der Waals surface area contributed by atoms with E-state index in [2.05, 4.69) is 15.9 Å². The molecule has 0 fully saturated rings. The Morgan fingerprint density at radius 1 is 1.37 bits per heavy atom. The van der Waals surface area contributed by atoms with Gasteiger partial charge in [0.2, 0.25) is 0 Å². The molecule has 0 spiro atoms. The highest BCUT2D eigenvalue weighted by Crippen LogP contribution is 2.23. The summed E-state index contributed by atoms with van der Waals surface area (Å²) in [5.74, 6) is 0.619. The van der Waals surface area contributed by atoms with Gasteiger partial charge in [0.05, 0.1) is 20.3 Å². The van der Waals surface area contributed by atoms with Crippen molar-refractivity contribution >= 4 is 21.9 Å². The van der Waals surface area contributed by atoms with Gasteiger partial charge in [0, 0.05) is 11.0 Å². The van der Waals surface area contributed by atoms with Crippen LogP contribution in [0.1, 0.15) is 19.4 Å². The van der Waals surface area contributed by atoms with Crippen LogP contribution in [0.2, 0.25) is 0 Å². The predicted octanol–water partition coefficient (Wildman–Crippen LogP) is 2.84. The van der Waals surface area contributed by atoms with Gasteiger partial charge in [-0.1, -0.05) is 22.9 Å². The average Bonchev–Trinajstić information content (AvgIpc) is 2.40. The summed E-state index contributed by atoms with van der Waals surface area (Å²) in [4.78, 5) is 13.5. The van der Waals surface area contributed by atoms with E-state index in [1.807, 2.05) is 36.9 Å². The van der Waals surface area contributed by atoms with E-state index in [1.165, 1.54) is 0 Å². The lowest BCUT2D eigenvalue weighted by atomic mass is 10.2. The fraction of sp³-hybridized carbons (Fsp3) is 0.500. The topological polar surface area (TPSA) is 38.8 Å². The van der Waals surface area contributed by atoms with Gasteiger partial charge in [-0.25, -0.2) is 0 Å². The number of benzene rings is 1. The minimum Gasteiger partial charge on any atom is -0.497 e. The lowest BCUT2D eigenvalue weighted by molar-refractivity contribution is -0.144. The Morgan fingerprint density at radius 2 is 2.11 bits per heavy atom. The van der Waals surface area contributed by atoms with Crippen LogP contribution in [-0.2, 0) is 16.1 Å². The van der Waals surface area contributed by atoms with E-state index >= 15 is 0 Å². The molecular weight excluding hydrogens is 310 g/mol. The van der Waals surface area contributed by atoms with Crippen LogP contribution in [0.5, 0.6) is 5.75 Å². The first-order valence-corrected chi connectivity index (χ1v) is 7.10. The van der Waals surface area contributed by atoms with Gasteiger partial charge in [-0.2, -0.15) is 0 Å². The molecule has 0 aliphatic heterocycles. The molecule has 0 atom stereocenters. The monoisotopic (exact) mass is 329 g/mol. The third-order valence-electron chi connectivity index (χ3n) is 2.75. The molecule has 0 radical (unpaired) electrons. The van der Waals surface area contributed by atoms with Gasteiger partial charge in [-0.3, -0.25) is 9.69 Å². The molecule has 0 heterocycles. The number of nitrogens with zero attached hydrogens (tertiary/aromatic N) is 1. The minimum atomic E-state index is -0.191. The first-order valence-electron chi connectivity index (χ1n) is 6.31. The van der Waals surface area contributed by atoms with Crippen LogP contribution in [0.15, 0.2) is 22.7 Å². The molecule has 0 amide bonds. The Bertz CT molecular complexity index is 423. The van der Waals surface area contributed by atoms with Crippen molar-refractivity contribution in [2.24, 2.45) is 0 Å². The summed E-state index contributed by atoms with van der Waals surface area (Å²) < 4.78 is 11.2. The summed E-state index contributed by atoms with van der Waals surface area (Å²) in [7, 11) is 1.64. The number of carbonyl (C=O) groups is 1. The summed E-state index contributed by atoms with van der Waals surface area (Å²) in [5, 5.41) is 0. The fourth-order valence-corrected chi connectivity index (χ4v) is 2.08. The normalized spacial score (nSPS) is 10.6. The maximum atomic E-state index is 11.5. The average molecular weight is 330 g/mol. The zero-order valence-corrected chi connectivity index (χ0v) is 13.2. The van der Waals surface area contributed by atoms with Gasteiger partial charge in [0.25, 0.3) is 0 Å². The summed E-state index contributed by atoms with van der Waals surface area (Å²) in [6, 6.07) is 5.82. The quantitative estimate of drug-likeness (QED) is 0.721. The minimum absolute atomic E-state index is 0.191. The molecule has 5 heteroatoms. The second-order valence-electron chi connectivity index (χ2n) is 4.07. The highest BCUT2D eigenvalue weighted by Gasteiger charge is 2.12. The fourth-order valence-electron chi connectivity index (χ4n) is 1.71. The zero-order valence-electron chi connectivity index (χ0n) is 11.6. The van der Waals surface area contributed by atoms with Crippen molar-refractivity contribution in [3.05, 3.63) is 28.2 Å². The lowest BCUT2D eigenvalue weighted by Gasteiger charge is -2.20. The van der Waals surface area contributed by atoms with Crippen molar-refractivity contribution in [2.75, 3.05) is 26.8 Å². The molecule has 0 aliphatic rings. The van der Waals surface area contributed by atoms with Crippen LogP contribution >= 0.6 is 15.9 Å². The number of halogens is 1. The smallest absolute Gasteiger partial charge is 0.320 e. The number of esters is 1. The molecule has 0 saturated heterocycles. The van der Waals surface area contributed by atoms with Crippen LogP contribution in [0.3, 0.4) is 0 Å². The molecule has 0 N–H and O–H groups in total. The van der Waals surface area contributed by atoms with Crippen molar-refractivity contribution in [2.45, 2.75) is 20.4 Å². The van der Waals surface area contributed by atoms with E-state index in [9.17, 15) is 4.79 Å². The number of likely N-dealkylation sites (N-methyl/N-ethyl adjacent to an activating group) is 1. The van der Waals surface area contributed by atoms with Crippen LogP contribution in [0.4, 0.5) is 0 Å². The molecule has 0 saturated carbocycles. The highest BCUT2D eigenvalue weighted by molar-refractivity contribution is 9.10. The van der Waals surface area contributed by atoms with E-state index in [0.29, 0.717) is 19.7 Å². The van der Waals surface area contributed by atoms with Crippen molar-refractivity contribution in [1.29, 1.82) is 0 Å². The first kappa shape index (κ1) is 16.0. The number of hydrogen-bond donors (Lipinski definition) is 0. The number of carbonyl (C=O) groups excluding carboxylic acids is 1. The molecule has 0 bridgehead atoms. The Labute approximate surface area is 122 Å². The molecule has 1 rings (SSSR count). The Hall–Kier alpha value is -1.07. The van der Waals surface area contributed by atoms with Crippen LogP contribution in [0.25, 0.3) is 0 Å². The van der Waals surface area contributed by atoms with Crippen molar-refractivity contribution < 1.29 is 14.3 Å². The molecule has 19 heavy (non-hydrogen) atoms. The highest BCUT2D eigenvalue weighted by atomic mass is 79.9. The molecule has 0 unspecified atom stereocenters. The third-order valence-corrected chi connectivity index (χ3v) is 3.53. The van der Waals surface area contributed by atoms with Crippen LogP contribution < -0.4 is 4.74 Å². The molecule has 0 aliphatic carbocycles. The van der Waals surface area contributed by atoms with Gasteiger partial charge in [0.1, 0.15) is 5.75 Å². The third kappa shape index (κ3) is 5.20. The second-order valence-corrected chi connectivity index (χ2v) is 4.92. The van der Waals surface area contributed by atoms with Crippen molar-refractivity contribution in [3.8, 4) is 5.75 Å². The molecule has 4 nitrogen and oxygen atoms in total. The van der Waals surface area contributed by atoms with Crippen LogP contribution in [-0.4, -0.2) is 37.7 Å². The first-order chi connectivity index (χ1) is 9.10. The van der Waals surface area contributed by atoms with Crippen molar-refractivity contribution in [3.63, 3.8) is 0 Å². The molecule has 1 aromatic rings. The van der Waals surface area contributed by atoms with Gasteiger partial charge in [-0.15, -0.1) is 0 Å². The van der Waals surface area contributed by atoms with E-state index < -0.39 is 0 Å². The van der Waals surface area contributed by atoms with Crippen LogP contribution in [0, 0.1) is 0 Å². The molecular formula is C14H20BrNO3. The van der Waals surface area contributed by atoms with E-state index in [0.717, 1.165) is 22.3 Å². The molecule has 0 aromatic heterocycles. The number of rotatable bonds is 7. The van der Waals surface area contributed by atoms with Gasteiger partial charge in [-0.05, 0) is 37.2 Å². The summed E-state index contributed by atoms with van der Waals surface area (Å²) >= 11 is 3.52. The summed E-state index contributed by atoms with van der Waals surface area (Å²) in [6.07, 6.45) is 0. The number of hydrogen-bond acceptors (Lipinski definition) is 4. The van der Waals surface area contributed by atoms with E-state index in [1.54, 1.807) is 7.11 Å². The van der Waals surface area contributed by atoms with Gasteiger partial charge >= 0.3 is 5.97 Å². The summed E-state index contributed by atoms with van der Waals surface area (Å²) in [6.45, 7) is 6.00. The SMILES string of the molecule is CCOC(=O)CN(CC)Cc1cc(OC)ccc1Br. The molecule has 1 aromatic carbocycles. The van der Waals surface area contributed by atoms with E-state index in [-0.39, 0.29) is 5.97 Å². The number of methoxy groups -OCH3 is 1. The van der Waals surface area contributed by atoms with Crippen molar-refractivity contribution in [1.82, 2.24) is 4.90 Å². The maximum Gasteiger partial charge on any atom is 0.320 e. The summed E-state index contributed by atoms with van der Waals surface area (Å²) in [5.41, 5.74) is 1.09. The predicted molar refractivity (Wildman–Crippen MR) is 78.3 cm³/mol. The van der Waals surface area contributed by atoms with E-state index in [4.69, 9.17) is 9.47 Å². The maximum absolute atomic E-state index is 11.5. The Balaban J connectivity index is 2.72. The van der Waals surface area contributed by atoms with Gasteiger partial charge < -0.3 is 9.47 Å². The zero-order chi connectivity index (χ0) is 14.3. The second kappa shape index (κ2) is 8.17. The standard InChI is InChI=1S/C14H20BrNO3/c1-4-16(10-14(17)19-5-2)9-11-8-12(18-3)6-7-13(11)15/h6-8H,4-5,9-10H2,1-3H3. The lowest BCUT2D eigenvalue weighted by Crippen LogP contribution is -2.30.